The van der Waals surface area contributed by atoms with Crippen LogP contribution in [-0.4, -0.2) is 16.1 Å². The summed E-state index contributed by atoms with van der Waals surface area (Å²) in [5, 5.41) is 8.42. The van der Waals surface area contributed by atoms with Crippen LogP contribution < -0.4 is 0 Å². The largest absolute Gasteiger partial charge is 0.476 e. The van der Waals surface area contributed by atoms with E-state index in [0.29, 0.717) is 0 Å². The molecule has 5 heteroatoms. The van der Waals surface area contributed by atoms with Gasteiger partial charge in [0.25, 0.3) is 6.43 Å². The number of alkyl halides is 2. The number of nitrogens with zero attached hydrogens (tertiary/aromatic N) is 1. The number of pyridine rings is 1. The van der Waals surface area contributed by atoms with Crippen LogP contribution in [0, 0.1) is 0 Å². The van der Waals surface area contributed by atoms with Crippen molar-refractivity contribution in [3.05, 3.63) is 29.6 Å². The van der Waals surface area contributed by atoms with Gasteiger partial charge in [0.05, 0.1) is 5.56 Å². The van der Waals surface area contributed by atoms with Crippen molar-refractivity contribution in [2.45, 2.75) is 6.43 Å². The summed E-state index contributed by atoms with van der Waals surface area (Å²) in [6.07, 6.45) is -1.64. The molecule has 0 radical (unpaired) electrons. The van der Waals surface area contributed by atoms with E-state index < -0.39 is 23.7 Å². The van der Waals surface area contributed by atoms with E-state index in [1.807, 2.05) is 0 Å². The van der Waals surface area contributed by atoms with Crippen molar-refractivity contribution >= 4 is 5.97 Å². The normalized spacial score (nSPS) is 10.2. The van der Waals surface area contributed by atoms with E-state index in [1.165, 1.54) is 6.07 Å². The summed E-state index contributed by atoms with van der Waals surface area (Å²) in [7, 11) is 0. The van der Waals surface area contributed by atoms with Crippen molar-refractivity contribution in [3.8, 4) is 0 Å². The van der Waals surface area contributed by atoms with Crippen molar-refractivity contribution in [1.29, 1.82) is 0 Å². The summed E-state index contributed by atoms with van der Waals surface area (Å²) in [6, 6.07) is 2.31. The number of hydrogen-bond donors (Lipinski definition) is 1. The highest BCUT2D eigenvalue weighted by molar-refractivity contribution is 5.87. The fourth-order valence-electron chi connectivity index (χ4n) is 0.773. The quantitative estimate of drug-likeness (QED) is 0.740. The Bertz CT molecular complexity index is 301. The number of carboxylic acids is 1. The molecule has 0 aromatic carbocycles. The Balaban J connectivity index is 3.17. The summed E-state index contributed by atoms with van der Waals surface area (Å²) in [6.45, 7) is 0. The van der Waals surface area contributed by atoms with Crippen LogP contribution in [0.25, 0.3) is 0 Å². The average Bonchev–Trinajstić information content (AvgIpc) is 2.04. The molecule has 0 saturated carbocycles. The third kappa shape index (κ3) is 1.55. The molecule has 1 heterocycles. The molecular formula is C7H5F2NO2. The lowest BCUT2D eigenvalue weighted by molar-refractivity contribution is 0.0677. The lowest BCUT2D eigenvalue weighted by Gasteiger charge is -2.01. The lowest BCUT2D eigenvalue weighted by Crippen LogP contribution is -2.05. The van der Waals surface area contributed by atoms with E-state index in [0.717, 1.165) is 12.3 Å². The van der Waals surface area contributed by atoms with Crippen molar-refractivity contribution in [2.24, 2.45) is 0 Å². The standard InChI is InChI=1S/C7H5F2NO2/c8-6(9)4-2-1-3-10-5(4)7(11)12/h1-3,6H,(H,11,12). The minimum atomic E-state index is -2.80. The van der Waals surface area contributed by atoms with Gasteiger partial charge in [0.1, 0.15) is 0 Å². The average molecular weight is 173 g/mol. The van der Waals surface area contributed by atoms with Crippen molar-refractivity contribution in [2.75, 3.05) is 0 Å². The maximum Gasteiger partial charge on any atom is 0.354 e. The van der Waals surface area contributed by atoms with Gasteiger partial charge >= 0.3 is 5.97 Å². The number of hydrogen-bond acceptors (Lipinski definition) is 2. The first-order chi connectivity index (χ1) is 5.63. The van der Waals surface area contributed by atoms with E-state index in [9.17, 15) is 13.6 Å². The topological polar surface area (TPSA) is 50.2 Å². The SMILES string of the molecule is O=C(O)c1ncccc1C(F)F. The molecule has 12 heavy (non-hydrogen) atoms. The number of halogens is 2. The van der Waals surface area contributed by atoms with Crippen molar-refractivity contribution in [3.63, 3.8) is 0 Å². The minimum Gasteiger partial charge on any atom is -0.476 e. The summed E-state index contributed by atoms with van der Waals surface area (Å²) in [5.74, 6) is -1.44. The maximum atomic E-state index is 12.1. The Labute approximate surface area is 66.7 Å². The number of rotatable bonds is 2. The Kier molecular flexibility index (Phi) is 2.32. The molecule has 0 aliphatic heterocycles. The van der Waals surface area contributed by atoms with E-state index >= 15 is 0 Å². The fraction of sp³-hybridized carbons (Fsp3) is 0.143. The molecule has 0 bridgehead atoms. The number of aromatic nitrogens is 1. The molecule has 3 nitrogen and oxygen atoms in total. The zero-order valence-corrected chi connectivity index (χ0v) is 5.87. The third-order valence-corrected chi connectivity index (χ3v) is 1.28. The fourth-order valence-corrected chi connectivity index (χ4v) is 0.773. The zero-order chi connectivity index (χ0) is 9.14. The summed E-state index contributed by atoms with van der Waals surface area (Å²) in [5.41, 5.74) is -1.14. The first-order valence-corrected chi connectivity index (χ1v) is 3.09. The molecule has 0 atom stereocenters. The maximum absolute atomic E-state index is 12.1. The van der Waals surface area contributed by atoms with Gasteiger partial charge < -0.3 is 5.11 Å². The molecule has 1 aromatic rings. The Morgan fingerprint density at radius 1 is 1.58 bits per heavy atom. The second kappa shape index (κ2) is 3.25. The van der Waals surface area contributed by atoms with Gasteiger partial charge in [-0.3, -0.25) is 0 Å². The number of aromatic carboxylic acids is 1. The van der Waals surface area contributed by atoms with Crippen LogP contribution in [0.5, 0.6) is 0 Å². The molecule has 0 aliphatic carbocycles. The van der Waals surface area contributed by atoms with Crippen LogP contribution in [0.15, 0.2) is 18.3 Å². The molecule has 1 N–H and O–H groups in total. The number of carbonyl (C=O) groups is 1. The molecular weight excluding hydrogens is 168 g/mol. The third-order valence-electron chi connectivity index (χ3n) is 1.28. The summed E-state index contributed by atoms with van der Waals surface area (Å²) >= 11 is 0. The predicted octanol–water partition coefficient (Wildman–Crippen LogP) is 1.72. The molecule has 0 saturated heterocycles. The number of carboxylic acid groups (broad SMARTS) is 1. The second-order valence-corrected chi connectivity index (χ2v) is 2.05. The highest BCUT2D eigenvalue weighted by atomic mass is 19.3. The molecule has 64 valence electrons. The van der Waals surface area contributed by atoms with E-state index in [-0.39, 0.29) is 0 Å². The van der Waals surface area contributed by atoms with Gasteiger partial charge in [0.15, 0.2) is 5.69 Å². The predicted molar refractivity (Wildman–Crippen MR) is 36.2 cm³/mol. The van der Waals surface area contributed by atoms with Crippen molar-refractivity contribution < 1.29 is 18.7 Å². The van der Waals surface area contributed by atoms with Crippen LogP contribution >= 0.6 is 0 Å². The monoisotopic (exact) mass is 173 g/mol. The summed E-state index contributed by atoms with van der Waals surface area (Å²) < 4.78 is 24.2. The minimum absolute atomic E-state index is 0.551. The molecule has 0 fully saturated rings. The van der Waals surface area contributed by atoms with E-state index in [4.69, 9.17) is 5.11 Å². The van der Waals surface area contributed by atoms with Gasteiger partial charge in [-0.1, -0.05) is 0 Å². The molecule has 1 aromatic heterocycles. The Morgan fingerprint density at radius 2 is 2.25 bits per heavy atom. The Hall–Kier alpha value is -1.52. The van der Waals surface area contributed by atoms with Gasteiger partial charge in [-0.05, 0) is 12.1 Å². The highest BCUT2D eigenvalue weighted by Crippen LogP contribution is 2.20. The van der Waals surface area contributed by atoms with E-state index in [1.54, 1.807) is 0 Å². The first-order valence-electron chi connectivity index (χ1n) is 3.09. The van der Waals surface area contributed by atoms with Gasteiger partial charge in [-0.25, -0.2) is 18.6 Å². The van der Waals surface area contributed by atoms with Gasteiger partial charge in [-0.15, -0.1) is 0 Å². The van der Waals surface area contributed by atoms with Crippen LogP contribution in [0.1, 0.15) is 22.5 Å². The van der Waals surface area contributed by atoms with Crippen molar-refractivity contribution in [1.82, 2.24) is 4.98 Å². The molecule has 1 rings (SSSR count). The molecule has 0 unspecified atom stereocenters. The van der Waals surface area contributed by atoms with Crippen LogP contribution in [0.2, 0.25) is 0 Å². The summed E-state index contributed by atoms with van der Waals surface area (Å²) in [4.78, 5) is 13.7. The van der Waals surface area contributed by atoms with E-state index in [2.05, 4.69) is 4.98 Å². The molecule has 0 spiro atoms. The van der Waals surface area contributed by atoms with Gasteiger partial charge in [0, 0.05) is 6.20 Å². The van der Waals surface area contributed by atoms with Crippen LogP contribution in [0.4, 0.5) is 8.78 Å². The first kappa shape index (κ1) is 8.58. The smallest absolute Gasteiger partial charge is 0.354 e. The molecule has 0 aliphatic rings. The zero-order valence-electron chi connectivity index (χ0n) is 5.87. The van der Waals surface area contributed by atoms with Gasteiger partial charge in [-0.2, -0.15) is 0 Å². The Morgan fingerprint density at radius 3 is 2.67 bits per heavy atom. The molecule has 0 amide bonds. The van der Waals surface area contributed by atoms with Gasteiger partial charge in [0.2, 0.25) is 0 Å². The second-order valence-electron chi connectivity index (χ2n) is 2.05. The van der Waals surface area contributed by atoms with Crippen LogP contribution in [0.3, 0.4) is 0 Å². The highest BCUT2D eigenvalue weighted by Gasteiger charge is 2.17. The van der Waals surface area contributed by atoms with Crippen LogP contribution in [-0.2, 0) is 0 Å². The lowest BCUT2D eigenvalue weighted by atomic mass is 10.2.